The van der Waals surface area contributed by atoms with Crippen molar-refractivity contribution in [3.05, 3.63) is 231 Å². The van der Waals surface area contributed by atoms with Gasteiger partial charge in [0.2, 0.25) is 0 Å². The molecule has 4 heteroatoms. The predicted octanol–water partition coefficient (Wildman–Crippen LogP) is 15.3. The monoisotopic (exact) mass is 802 g/mol. The number of rotatable bonds is 7. The molecule has 3 aromatic heterocycles. The Bertz CT molecular complexity index is 3620. The van der Waals surface area contributed by atoms with Gasteiger partial charge in [-0.15, -0.1) is 0 Å². The Morgan fingerprint density at radius 2 is 0.810 bits per heavy atom. The summed E-state index contributed by atoms with van der Waals surface area (Å²) in [5.74, 6) is 0.671. The van der Waals surface area contributed by atoms with Crippen LogP contribution < -0.4 is 0 Å². The fourth-order valence-electron chi connectivity index (χ4n) is 9.26. The number of hydrogen-bond donors (Lipinski definition) is 0. The first-order valence-electron chi connectivity index (χ1n) is 21.4. The van der Waals surface area contributed by atoms with Gasteiger partial charge in [0, 0.05) is 44.1 Å². The Morgan fingerprint density at radius 3 is 1.51 bits per heavy atom. The number of nitrogens with zero attached hydrogens (tertiary/aromatic N) is 4. The quantitative estimate of drug-likeness (QED) is 0.151. The molecule has 63 heavy (non-hydrogen) atoms. The van der Waals surface area contributed by atoms with Crippen molar-refractivity contribution in [3.8, 4) is 73.1 Å². The van der Waals surface area contributed by atoms with E-state index in [1.54, 1.807) is 0 Å². The fraction of sp³-hybridized carbons (Fsp3) is 0. The Kier molecular flexibility index (Phi) is 8.79. The molecule has 294 valence electrons. The lowest BCUT2D eigenvalue weighted by Gasteiger charge is -2.15. The van der Waals surface area contributed by atoms with Gasteiger partial charge in [-0.25, -0.2) is 15.0 Å². The van der Waals surface area contributed by atoms with Crippen molar-refractivity contribution in [3.63, 3.8) is 0 Å². The maximum absolute atomic E-state index is 5.33. The summed E-state index contributed by atoms with van der Waals surface area (Å²) >= 11 is 0. The summed E-state index contributed by atoms with van der Waals surface area (Å²) in [4.78, 5) is 15.8. The lowest BCUT2D eigenvalue weighted by Crippen LogP contribution is -1.98. The van der Waals surface area contributed by atoms with Crippen LogP contribution in [0.2, 0.25) is 0 Å². The van der Waals surface area contributed by atoms with Crippen molar-refractivity contribution in [2.45, 2.75) is 0 Å². The van der Waals surface area contributed by atoms with Crippen LogP contribution in [0.3, 0.4) is 0 Å². The second kappa shape index (κ2) is 15.2. The Hall–Kier alpha value is -8.47. The highest BCUT2D eigenvalue weighted by Crippen LogP contribution is 2.41. The summed E-state index contributed by atoms with van der Waals surface area (Å²) < 4.78 is 2.35. The zero-order chi connectivity index (χ0) is 41.7. The SMILES string of the molecule is c1ccc(-c2cc(-c3cccc(-n4c5ccccc5c5ccccc54)c3)nc(-c3cccc(-c4cccc5c4ccc4nc(-c6ccccc6)cc(-c6ccccc6)c45)c3)n2)cc1. The van der Waals surface area contributed by atoms with Gasteiger partial charge in [-0.3, -0.25) is 0 Å². The number of fused-ring (bicyclic) bond motifs is 6. The molecule has 12 rings (SSSR count). The third-order valence-corrected chi connectivity index (χ3v) is 12.2. The molecule has 0 spiro atoms. The highest BCUT2D eigenvalue weighted by Gasteiger charge is 2.18. The van der Waals surface area contributed by atoms with Gasteiger partial charge in [-0.2, -0.15) is 0 Å². The van der Waals surface area contributed by atoms with Crippen LogP contribution in [-0.2, 0) is 0 Å². The van der Waals surface area contributed by atoms with E-state index in [0.29, 0.717) is 5.82 Å². The minimum atomic E-state index is 0.671. The van der Waals surface area contributed by atoms with Crippen molar-refractivity contribution < 1.29 is 0 Å². The molecule has 0 aliphatic rings. The van der Waals surface area contributed by atoms with Crippen LogP contribution in [0, 0.1) is 0 Å². The molecule has 0 fully saturated rings. The Morgan fingerprint density at radius 1 is 0.286 bits per heavy atom. The van der Waals surface area contributed by atoms with Gasteiger partial charge in [0.1, 0.15) is 0 Å². The molecule has 0 saturated heterocycles. The number of pyridine rings is 1. The highest BCUT2D eigenvalue weighted by atomic mass is 15.0. The molecule has 0 aliphatic heterocycles. The van der Waals surface area contributed by atoms with Gasteiger partial charge < -0.3 is 4.57 Å². The second-order valence-electron chi connectivity index (χ2n) is 16.0. The molecule has 0 amide bonds. The van der Waals surface area contributed by atoms with Crippen molar-refractivity contribution in [2.75, 3.05) is 0 Å². The van der Waals surface area contributed by atoms with E-state index in [1.165, 1.54) is 21.8 Å². The number of benzene rings is 9. The lowest BCUT2D eigenvalue weighted by atomic mass is 9.91. The predicted molar refractivity (Wildman–Crippen MR) is 262 cm³/mol. The second-order valence-corrected chi connectivity index (χ2v) is 16.0. The average Bonchev–Trinajstić information content (AvgIpc) is 3.71. The number of para-hydroxylation sites is 2. The number of aromatic nitrogens is 4. The smallest absolute Gasteiger partial charge is 0.160 e. The van der Waals surface area contributed by atoms with Crippen LogP contribution in [0.4, 0.5) is 0 Å². The molecular weight excluding hydrogens is 765 g/mol. The van der Waals surface area contributed by atoms with E-state index in [2.05, 4.69) is 223 Å². The fourth-order valence-corrected chi connectivity index (χ4v) is 9.26. The van der Waals surface area contributed by atoms with E-state index in [1.807, 2.05) is 12.1 Å². The van der Waals surface area contributed by atoms with Crippen molar-refractivity contribution in [1.82, 2.24) is 19.5 Å². The van der Waals surface area contributed by atoms with Crippen LogP contribution in [0.1, 0.15) is 0 Å². The largest absolute Gasteiger partial charge is 0.309 e. The van der Waals surface area contributed by atoms with Gasteiger partial charge in [-0.05, 0) is 81.6 Å². The summed E-state index contributed by atoms with van der Waals surface area (Å²) in [5.41, 5.74) is 15.7. The first kappa shape index (κ1) is 36.4. The molecule has 0 radical (unpaired) electrons. The zero-order valence-corrected chi connectivity index (χ0v) is 34.2. The summed E-state index contributed by atoms with van der Waals surface area (Å²) in [6, 6.07) is 81.5. The van der Waals surface area contributed by atoms with Crippen LogP contribution in [0.15, 0.2) is 231 Å². The Balaban J connectivity index is 1.00. The van der Waals surface area contributed by atoms with Gasteiger partial charge in [0.15, 0.2) is 5.82 Å². The van der Waals surface area contributed by atoms with Crippen LogP contribution in [0.25, 0.3) is 117 Å². The summed E-state index contributed by atoms with van der Waals surface area (Å²) in [6.45, 7) is 0. The topological polar surface area (TPSA) is 43.6 Å². The number of hydrogen-bond acceptors (Lipinski definition) is 3. The highest BCUT2D eigenvalue weighted by molar-refractivity contribution is 6.17. The molecule has 4 nitrogen and oxygen atoms in total. The molecule has 0 unspecified atom stereocenters. The first-order chi connectivity index (χ1) is 31.2. The molecule has 12 aromatic rings. The van der Waals surface area contributed by atoms with Crippen molar-refractivity contribution >= 4 is 43.5 Å². The van der Waals surface area contributed by atoms with Gasteiger partial charge >= 0.3 is 0 Å². The standard InChI is InChI=1S/C59H38N4/c1-4-17-39(18-5-1)51-37-53(40-19-6-2-7-20-40)60-52-34-33-47-46(29-16-30-50(47)58(51)52)42-23-14-25-44(35-42)59-61-54(41-21-8-3-9-22-41)38-55(62-59)43-24-15-26-45(36-43)63-56-31-12-10-27-48(56)49-28-11-13-32-57(49)63/h1-38H. The van der Waals surface area contributed by atoms with E-state index in [-0.39, 0.29) is 0 Å². The van der Waals surface area contributed by atoms with Crippen LogP contribution in [0.5, 0.6) is 0 Å². The minimum absolute atomic E-state index is 0.671. The van der Waals surface area contributed by atoms with Crippen LogP contribution in [-0.4, -0.2) is 19.5 Å². The summed E-state index contributed by atoms with van der Waals surface area (Å²) in [6.07, 6.45) is 0. The van der Waals surface area contributed by atoms with E-state index < -0.39 is 0 Å². The molecule has 0 atom stereocenters. The molecule has 0 N–H and O–H groups in total. The van der Waals surface area contributed by atoms with E-state index in [4.69, 9.17) is 15.0 Å². The lowest BCUT2D eigenvalue weighted by molar-refractivity contribution is 1.16. The molecule has 9 aromatic carbocycles. The van der Waals surface area contributed by atoms with E-state index >= 15 is 0 Å². The summed E-state index contributed by atoms with van der Waals surface area (Å²) in [7, 11) is 0. The van der Waals surface area contributed by atoms with Gasteiger partial charge in [0.25, 0.3) is 0 Å². The maximum atomic E-state index is 5.33. The van der Waals surface area contributed by atoms with Crippen LogP contribution >= 0.6 is 0 Å². The third kappa shape index (κ3) is 6.44. The molecule has 0 saturated carbocycles. The molecule has 0 aliphatic carbocycles. The molecule has 0 bridgehead atoms. The minimum Gasteiger partial charge on any atom is -0.309 e. The van der Waals surface area contributed by atoms with Gasteiger partial charge in [-0.1, -0.05) is 182 Å². The van der Waals surface area contributed by atoms with E-state index in [0.717, 1.165) is 89.0 Å². The van der Waals surface area contributed by atoms with Crippen molar-refractivity contribution in [1.29, 1.82) is 0 Å². The maximum Gasteiger partial charge on any atom is 0.160 e. The third-order valence-electron chi connectivity index (χ3n) is 12.2. The van der Waals surface area contributed by atoms with E-state index in [9.17, 15) is 0 Å². The normalized spacial score (nSPS) is 11.5. The Labute approximate surface area is 365 Å². The molecular formula is C59H38N4. The molecule has 3 heterocycles. The summed E-state index contributed by atoms with van der Waals surface area (Å²) in [5, 5.41) is 5.94. The first-order valence-corrected chi connectivity index (χ1v) is 21.4. The van der Waals surface area contributed by atoms with Gasteiger partial charge in [0.05, 0.1) is 33.6 Å². The van der Waals surface area contributed by atoms with Crippen molar-refractivity contribution in [2.24, 2.45) is 0 Å². The average molecular weight is 803 g/mol. The zero-order valence-electron chi connectivity index (χ0n) is 34.2.